The average molecular weight is 274 g/mol. The summed E-state index contributed by atoms with van der Waals surface area (Å²) in [5, 5.41) is 1.01. The van der Waals surface area contributed by atoms with Crippen molar-refractivity contribution < 1.29 is 4.79 Å². The Morgan fingerprint density at radius 2 is 2.21 bits per heavy atom. The molecule has 4 heteroatoms. The minimum absolute atomic E-state index is 0.0958. The smallest absolute Gasteiger partial charge is 0.186 e. The quantitative estimate of drug-likeness (QED) is 0.796. The van der Waals surface area contributed by atoms with E-state index in [-0.39, 0.29) is 11.2 Å². The van der Waals surface area contributed by atoms with E-state index in [4.69, 9.17) is 0 Å². The maximum atomic E-state index is 12.3. The average Bonchev–Trinajstić information content (AvgIpc) is 3.03. The van der Waals surface area contributed by atoms with E-state index in [1.165, 1.54) is 0 Å². The van der Waals surface area contributed by atoms with Crippen molar-refractivity contribution in [2.75, 3.05) is 18.5 Å². The number of nitrogens with zero attached hydrogens (tertiary/aromatic N) is 2. The maximum absolute atomic E-state index is 12.3. The predicted octanol–water partition coefficient (Wildman–Crippen LogP) is 3.74. The van der Waals surface area contributed by atoms with Crippen molar-refractivity contribution in [1.82, 2.24) is 4.98 Å². The molecule has 2 aromatic rings. The maximum Gasteiger partial charge on any atom is 0.186 e. The summed E-state index contributed by atoms with van der Waals surface area (Å²) in [5.74, 6) is 0.285. The van der Waals surface area contributed by atoms with Crippen molar-refractivity contribution >= 4 is 32.5 Å². The Bertz CT molecular complexity index is 643. The topological polar surface area (TPSA) is 33.2 Å². The second-order valence-electron chi connectivity index (χ2n) is 5.58. The summed E-state index contributed by atoms with van der Waals surface area (Å²) in [6.45, 7) is 5.10. The van der Waals surface area contributed by atoms with Crippen molar-refractivity contribution in [3.63, 3.8) is 0 Å². The fourth-order valence-electron chi connectivity index (χ4n) is 2.12. The summed E-state index contributed by atoms with van der Waals surface area (Å²) < 4.78 is 1.10. The van der Waals surface area contributed by atoms with Crippen molar-refractivity contribution in [2.45, 2.75) is 26.7 Å². The molecule has 1 aliphatic carbocycles. The number of rotatable bonds is 4. The van der Waals surface area contributed by atoms with Gasteiger partial charge in [-0.25, -0.2) is 4.98 Å². The van der Waals surface area contributed by atoms with Crippen molar-refractivity contribution in [1.29, 1.82) is 0 Å². The Kier molecular flexibility index (Phi) is 2.86. The number of anilines is 1. The molecule has 0 saturated heterocycles. The molecule has 0 atom stereocenters. The largest absolute Gasteiger partial charge is 0.351 e. The molecule has 0 radical (unpaired) electrons. The third kappa shape index (κ3) is 2.14. The monoisotopic (exact) mass is 274 g/mol. The molecule has 100 valence electrons. The lowest BCUT2D eigenvalue weighted by molar-refractivity contribution is 0.0912. The van der Waals surface area contributed by atoms with Crippen LogP contribution < -0.4 is 4.90 Å². The number of aromatic nitrogens is 1. The number of carbonyl (C=O) groups is 1. The molecule has 1 fully saturated rings. The summed E-state index contributed by atoms with van der Waals surface area (Å²) in [6.07, 6.45) is 2.05. The minimum atomic E-state index is -0.0958. The Labute approximate surface area is 117 Å². The highest BCUT2D eigenvalue weighted by molar-refractivity contribution is 7.22. The summed E-state index contributed by atoms with van der Waals surface area (Å²) >= 11 is 1.66. The Morgan fingerprint density at radius 1 is 1.47 bits per heavy atom. The van der Waals surface area contributed by atoms with Gasteiger partial charge in [-0.15, -0.1) is 0 Å². The van der Waals surface area contributed by atoms with E-state index in [1.54, 1.807) is 11.3 Å². The number of thiazole rings is 1. The van der Waals surface area contributed by atoms with Crippen LogP contribution in [0.4, 0.5) is 5.13 Å². The Balaban J connectivity index is 1.99. The van der Waals surface area contributed by atoms with Crippen LogP contribution in [-0.4, -0.2) is 24.4 Å². The van der Waals surface area contributed by atoms with E-state index in [2.05, 4.69) is 23.7 Å². The third-order valence-corrected chi connectivity index (χ3v) is 5.12. The molecule has 1 saturated carbocycles. The SMILES string of the molecule is CCN(C)c1nc2ccc(C(=O)C3(C)CC3)cc2s1. The van der Waals surface area contributed by atoms with Crippen LogP contribution in [-0.2, 0) is 0 Å². The highest BCUT2D eigenvalue weighted by Crippen LogP contribution is 2.47. The van der Waals surface area contributed by atoms with Gasteiger partial charge in [0, 0.05) is 24.6 Å². The first-order valence-corrected chi connectivity index (χ1v) is 7.52. The van der Waals surface area contributed by atoms with Gasteiger partial charge in [0.2, 0.25) is 0 Å². The molecule has 1 aromatic heterocycles. The van der Waals surface area contributed by atoms with Gasteiger partial charge in [-0.05, 0) is 38.0 Å². The minimum Gasteiger partial charge on any atom is -0.351 e. The van der Waals surface area contributed by atoms with Crippen LogP contribution >= 0.6 is 11.3 Å². The molecule has 19 heavy (non-hydrogen) atoms. The van der Waals surface area contributed by atoms with Crippen LogP contribution in [0.1, 0.15) is 37.0 Å². The molecule has 0 spiro atoms. The van der Waals surface area contributed by atoms with E-state index in [1.807, 2.05) is 25.2 Å². The highest BCUT2D eigenvalue weighted by Gasteiger charge is 2.44. The van der Waals surface area contributed by atoms with E-state index < -0.39 is 0 Å². The molecule has 3 nitrogen and oxygen atoms in total. The zero-order valence-corrected chi connectivity index (χ0v) is 12.4. The summed E-state index contributed by atoms with van der Waals surface area (Å²) in [6, 6.07) is 5.90. The van der Waals surface area contributed by atoms with Gasteiger partial charge in [-0.3, -0.25) is 4.79 Å². The number of hydrogen-bond donors (Lipinski definition) is 0. The van der Waals surface area contributed by atoms with Crippen LogP contribution in [0.5, 0.6) is 0 Å². The summed E-state index contributed by atoms with van der Waals surface area (Å²) in [7, 11) is 2.04. The lowest BCUT2D eigenvalue weighted by Crippen LogP contribution is -2.14. The van der Waals surface area contributed by atoms with Gasteiger partial charge in [0.1, 0.15) is 0 Å². The van der Waals surface area contributed by atoms with Gasteiger partial charge < -0.3 is 4.90 Å². The molecule has 0 bridgehead atoms. The van der Waals surface area contributed by atoms with Crippen molar-refractivity contribution in [2.24, 2.45) is 5.41 Å². The van der Waals surface area contributed by atoms with Gasteiger partial charge in [0.15, 0.2) is 10.9 Å². The number of Topliss-reactive ketones (excluding diaryl/α,β-unsaturated/α-hetero) is 1. The number of carbonyl (C=O) groups excluding carboxylic acids is 1. The third-order valence-electron chi connectivity index (χ3n) is 3.99. The normalized spacial score (nSPS) is 16.6. The molecule has 0 aliphatic heterocycles. The van der Waals surface area contributed by atoms with Gasteiger partial charge in [-0.1, -0.05) is 18.3 Å². The first-order chi connectivity index (χ1) is 9.03. The lowest BCUT2D eigenvalue weighted by atomic mass is 9.97. The second kappa shape index (κ2) is 4.30. The molecule has 3 rings (SSSR count). The lowest BCUT2D eigenvalue weighted by Gasteiger charge is -2.10. The van der Waals surface area contributed by atoms with Gasteiger partial charge in [-0.2, -0.15) is 0 Å². The zero-order valence-electron chi connectivity index (χ0n) is 11.6. The fourth-order valence-corrected chi connectivity index (χ4v) is 3.15. The van der Waals surface area contributed by atoms with E-state index in [0.717, 1.165) is 40.3 Å². The van der Waals surface area contributed by atoms with Crippen molar-refractivity contribution in [3.05, 3.63) is 23.8 Å². The van der Waals surface area contributed by atoms with Crippen LogP contribution in [0.15, 0.2) is 18.2 Å². The first kappa shape index (κ1) is 12.6. The summed E-state index contributed by atoms with van der Waals surface area (Å²) in [4.78, 5) is 19.1. The second-order valence-corrected chi connectivity index (χ2v) is 6.59. The highest BCUT2D eigenvalue weighted by atomic mass is 32.1. The van der Waals surface area contributed by atoms with Gasteiger partial charge in [0.25, 0.3) is 0 Å². The van der Waals surface area contributed by atoms with Crippen LogP contribution in [0.25, 0.3) is 10.2 Å². The van der Waals surface area contributed by atoms with E-state index >= 15 is 0 Å². The predicted molar refractivity (Wildman–Crippen MR) is 80.2 cm³/mol. The van der Waals surface area contributed by atoms with E-state index in [9.17, 15) is 4.79 Å². The summed E-state index contributed by atoms with van der Waals surface area (Å²) in [5.41, 5.74) is 1.72. The van der Waals surface area contributed by atoms with Crippen LogP contribution in [0.3, 0.4) is 0 Å². The molecule has 1 heterocycles. The molecule has 0 amide bonds. The molecule has 0 N–H and O–H groups in total. The number of fused-ring (bicyclic) bond motifs is 1. The number of benzene rings is 1. The molecular weight excluding hydrogens is 256 g/mol. The van der Waals surface area contributed by atoms with Gasteiger partial charge >= 0.3 is 0 Å². The Morgan fingerprint density at radius 3 is 2.84 bits per heavy atom. The van der Waals surface area contributed by atoms with Crippen molar-refractivity contribution in [3.8, 4) is 0 Å². The fraction of sp³-hybridized carbons (Fsp3) is 0.467. The number of hydrogen-bond acceptors (Lipinski definition) is 4. The zero-order chi connectivity index (χ0) is 13.6. The standard InChI is InChI=1S/C15H18N2OS/c1-4-17(3)14-16-11-6-5-10(9-12(11)19-14)13(18)15(2)7-8-15/h5-6,9H,4,7-8H2,1-3H3. The molecule has 1 aliphatic rings. The van der Waals surface area contributed by atoms with E-state index in [0.29, 0.717) is 0 Å². The van der Waals surface area contributed by atoms with Gasteiger partial charge in [0.05, 0.1) is 10.2 Å². The van der Waals surface area contributed by atoms with Crippen LogP contribution in [0, 0.1) is 5.41 Å². The molecule has 1 aromatic carbocycles. The first-order valence-electron chi connectivity index (χ1n) is 6.70. The number of ketones is 1. The Hall–Kier alpha value is -1.42. The molecular formula is C15H18N2OS. The van der Waals surface area contributed by atoms with Crippen LogP contribution in [0.2, 0.25) is 0 Å². The molecule has 0 unspecified atom stereocenters.